The summed E-state index contributed by atoms with van der Waals surface area (Å²) in [7, 11) is 1.51. The monoisotopic (exact) mass is 408 g/mol. The van der Waals surface area contributed by atoms with Gasteiger partial charge in [-0.1, -0.05) is 27.7 Å². The van der Waals surface area contributed by atoms with Crippen molar-refractivity contribution in [3.8, 4) is 17.2 Å². The molecule has 2 aliphatic heterocycles. The SMILES string of the molecule is COc1cc(F)c2c(c1)C1(CCSC(N)=N1)c1cc(Br)ccc1O2. The molecular weight excluding hydrogens is 395 g/mol. The summed E-state index contributed by atoms with van der Waals surface area (Å²) in [6, 6.07) is 8.75. The highest BCUT2D eigenvalue weighted by Gasteiger charge is 2.45. The number of rotatable bonds is 1. The number of hydrogen-bond acceptors (Lipinski definition) is 5. The van der Waals surface area contributed by atoms with Crippen molar-refractivity contribution in [3.63, 3.8) is 0 Å². The van der Waals surface area contributed by atoms with Gasteiger partial charge in [0.15, 0.2) is 16.7 Å². The summed E-state index contributed by atoms with van der Waals surface area (Å²) in [6.07, 6.45) is 0.699. The van der Waals surface area contributed by atoms with Crippen molar-refractivity contribution in [2.45, 2.75) is 12.0 Å². The predicted molar refractivity (Wildman–Crippen MR) is 96.6 cm³/mol. The molecule has 124 valence electrons. The molecule has 0 radical (unpaired) electrons. The average Bonchev–Trinajstić information content (AvgIpc) is 2.56. The third kappa shape index (κ3) is 2.29. The first-order chi connectivity index (χ1) is 11.5. The molecule has 1 atom stereocenters. The highest BCUT2D eigenvalue weighted by atomic mass is 79.9. The minimum atomic E-state index is -0.766. The number of amidine groups is 1. The largest absolute Gasteiger partial charge is 0.497 e. The minimum absolute atomic E-state index is 0.189. The highest BCUT2D eigenvalue weighted by molar-refractivity contribution is 9.10. The van der Waals surface area contributed by atoms with Crippen molar-refractivity contribution in [2.75, 3.05) is 12.9 Å². The minimum Gasteiger partial charge on any atom is -0.497 e. The van der Waals surface area contributed by atoms with Crippen LogP contribution < -0.4 is 15.2 Å². The number of methoxy groups -OCH3 is 1. The third-order valence-corrected chi connectivity index (χ3v) is 5.60. The van der Waals surface area contributed by atoms with Crippen LogP contribution in [0.5, 0.6) is 17.2 Å². The Hall–Kier alpha value is -1.73. The molecule has 2 aromatic rings. The van der Waals surface area contributed by atoms with E-state index in [4.69, 9.17) is 20.2 Å². The van der Waals surface area contributed by atoms with Crippen molar-refractivity contribution in [3.05, 3.63) is 51.7 Å². The van der Waals surface area contributed by atoms with Crippen molar-refractivity contribution >= 4 is 32.9 Å². The molecule has 4 rings (SSSR count). The molecule has 0 aliphatic carbocycles. The van der Waals surface area contributed by atoms with Crippen LogP contribution in [-0.2, 0) is 5.54 Å². The lowest BCUT2D eigenvalue weighted by molar-refractivity contribution is 0.359. The van der Waals surface area contributed by atoms with Crippen LogP contribution in [-0.4, -0.2) is 18.0 Å². The maximum absolute atomic E-state index is 14.6. The highest BCUT2D eigenvalue weighted by Crippen LogP contribution is 2.54. The number of hydrogen-bond donors (Lipinski definition) is 1. The zero-order chi connectivity index (χ0) is 16.9. The van der Waals surface area contributed by atoms with Gasteiger partial charge in [-0.2, -0.15) is 0 Å². The number of benzene rings is 2. The molecule has 2 aliphatic rings. The van der Waals surface area contributed by atoms with Crippen molar-refractivity contribution in [1.82, 2.24) is 0 Å². The van der Waals surface area contributed by atoms with Gasteiger partial charge in [0.2, 0.25) is 0 Å². The normalized spacial score (nSPS) is 21.5. The van der Waals surface area contributed by atoms with Gasteiger partial charge in [-0.25, -0.2) is 9.38 Å². The van der Waals surface area contributed by atoms with E-state index in [1.165, 1.54) is 24.9 Å². The summed E-state index contributed by atoms with van der Waals surface area (Å²) in [5.41, 5.74) is 6.79. The fourth-order valence-electron chi connectivity index (χ4n) is 3.24. The van der Waals surface area contributed by atoms with E-state index < -0.39 is 11.4 Å². The number of thioether (sulfide) groups is 1. The third-order valence-electron chi connectivity index (χ3n) is 4.31. The van der Waals surface area contributed by atoms with Crippen LogP contribution in [0.4, 0.5) is 4.39 Å². The van der Waals surface area contributed by atoms with Crippen molar-refractivity contribution < 1.29 is 13.9 Å². The zero-order valence-corrected chi connectivity index (χ0v) is 15.2. The molecule has 4 nitrogen and oxygen atoms in total. The van der Waals surface area contributed by atoms with Crippen molar-refractivity contribution in [2.24, 2.45) is 10.7 Å². The molecule has 2 N–H and O–H groups in total. The van der Waals surface area contributed by atoms with Gasteiger partial charge in [0.05, 0.1) is 7.11 Å². The first-order valence-corrected chi connectivity index (χ1v) is 9.15. The second-order valence-electron chi connectivity index (χ2n) is 5.64. The molecule has 0 amide bonds. The first kappa shape index (κ1) is 15.8. The van der Waals surface area contributed by atoms with Gasteiger partial charge < -0.3 is 15.2 Å². The van der Waals surface area contributed by atoms with Crippen LogP contribution in [0.25, 0.3) is 0 Å². The maximum Gasteiger partial charge on any atom is 0.169 e. The number of aliphatic imine (C=N–C) groups is 1. The molecule has 1 spiro atoms. The smallest absolute Gasteiger partial charge is 0.169 e. The molecule has 7 heteroatoms. The van der Waals surface area contributed by atoms with Gasteiger partial charge in [-0.15, -0.1) is 0 Å². The molecule has 0 bridgehead atoms. The number of ether oxygens (including phenoxy) is 2. The van der Waals surface area contributed by atoms with E-state index in [0.29, 0.717) is 28.7 Å². The molecule has 0 aromatic heterocycles. The summed E-state index contributed by atoms with van der Waals surface area (Å²) in [5, 5.41) is 0.489. The van der Waals surface area contributed by atoms with Gasteiger partial charge >= 0.3 is 0 Å². The van der Waals surface area contributed by atoms with E-state index in [2.05, 4.69) is 15.9 Å². The Morgan fingerprint density at radius 1 is 1.33 bits per heavy atom. The topological polar surface area (TPSA) is 56.8 Å². The Kier molecular flexibility index (Phi) is 3.73. The van der Waals surface area contributed by atoms with Gasteiger partial charge in [-0.3, -0.25) is 0 Å². The lowest BCUT2D eigenvalue weighted by atomic mass is 9.78. The van der Waals surface area contributed by atoms with Gasteiger partial charge in [-0.05, 0) is 30.7 Å². The first-order valence-electron chi connectivity index (χ1n) is 7.37. The van der Waals surface area contributed by atoms with E-state index in [1.807, 2.05) is 18.2 Å². The predicted octanol–water partition coefficient (Wildman–Crippen LogP) is 4.40. The van der Waals surface area contributed by atoms with Gasteiger partial charge in [0, 0.05) is 27.4 Å². The number of fused-ring (bicyclic) bond motifs is 4. The summed E-state index contributed by atoms with van der Waals surface area (Å²) < 4.78 is 26.6. The lowest BCUT2D eigenvalue weighted by Crippen LogP contribution is -2.35. The van der Waals surface area contributed by atoms with E-state index in [-0.39, 0.29) is 5.75 Å². The standard InChI is InChI=1S/C17H14BrFN2O2S/c1-22-10-7-12-15(13(19)8-10)23-14-3-2-9(18)6-11(14)17(12)4-5-24-16(20)21-17/h2-3,6-8H,4-5H2,1H3,(H2,20,21). The van der Waals surface area contributed by atoms with Crippen LogP contribution in [0, 0.1) is 5.82 Å². The van der Waals surface area contributed by atoms with E-state index >= 15 is 0 Å². The summed E-state index contributed by atoms with van der Waals surface area (Å²) in [5.74, 6) is 1.54. The fraction of sp³-hybridized carbons (Fsp3) is 0.235. The second-order valence-corrected chi connectivity index (χ2v) is 7.67. The Morgan fingerprint density at radius 3 is 2.92 bits per heavy atom. The van der Waals surface area contributed by atoms with Crippen LogP contribution in [0.1, 0.15) is 17.5 Å². The van der Waals surface area contributed by atoms with Crippen LogP contribution in [0.3, 0.4) is 0 Å². The molecule has 2 heterocycles. The Bertz CT molecular complexity index is 874. The molecule has 1 unspecified atom stereocenters. The summed E-state index contributed by atoms with van der Waals surface area (Å²) >= 11 is 5.00. The number of nitrogens with zero attached hydrogens (tertiary/aromatic N) is 1. The van der Waals surface area contributed by atoms with E-state index in [9.17, 15) is 4.39 Å². The molecule has 0 fully saturated rings. The average molecular weight is 409 g/mol. The Labute approximate surface area is 151 Å². The van der Waals surface area contributed by atoms with Crippen LogP contribution in [0.15, 0.2) is 39.8 Å². The summed E-state index contributed by atoms with van der Waals surface area (Å²) in [4.78, 5) is 4.75. The van der Waals surface area contributed by atoms with Crippen molar-refractivity contribution in [1.29, 1.82) is 0 Å². The van der Waals surface area contributed by atoms with Gasteiger partial charge in [0.25, 0.3) is 0 Å². The zero-order valence-electron chi connectivity index (χ0n) is 12.8. The molecule has 0 saturated carbocycles. The molecule has 2 aromatic carbocycles. The van der Waals surface area contributed by atoms with Gasteiger partial charge in [0.1, 0.15) is 17.0 Å². The molecular formula is C17H14BrFN2O2S. The maximum atomic E-state index is 14.6. The van der Waals surface area contributed by atoms with E-state index in [1.54, 1.807) is 6.07 Å². The van der Waals surface area contributed by atoms with Crippen LogP contribution in [0.2, 0.25) is 0 Å². The lowest BCUT2D eigenvalue weighted by Gasteiger charge is -2.39. The number of nitrogens with two attached hydrogens (primary N) is 1. The quantitative estimate of drug-likeness (QED) is 0.759. The molecule has 0 saturated heterocycles. The van der Waals surface area contributed by atoms with Crippen LogP contribution >= 0.6 is 27.7 Å². The second kappa shape index (κ2) is 5.67. The molecule has 24 heavy (non-hydrogen) atoms. The number of halogens is 2. The Morgan fingerprint density at radius 2 is 2.17 bits per heavy atom. The van der Waals surface area contributed by atoms with E-state index in [0.717, 1.165) is 15.8 Å². The fourth-order valence-corrected chi connectivity index (χ4v) is 4.42. The summed E-state index contributed by atoms with van der Waals surface area (Å²) in [6.45, 7) is 0. The Balaban J connectivity index is 2.06.